The first-order chi connectivity index (χ1) is 16.0. The minimum absolute atomic E-state index is 0.123. The van der Waals surface area contributed by atoms with E-state index in [1.54, 1.807) is 29.2 Å². The van der Waals surface area contributed by atoms with Gasteiger partial charge in [-0.25, -0.2) is 0 Å². The summed E-state index contributed by atoms with van der Waals surface area (Å²) in [4.78, 5) is 28.8. The summed E-state index contributed by atoms with van der Waals surface area (Å²) in [5.74, 6) is -0.105. The van der Waals surface area contributed by atoms with Crippen molar-refractivity contribution in [2.75, 3.05) is 10.7 Å². The second kappa shape index (κ2) is 8.96. The highest BCUT2D eigenvalue weighted by atomic mass is 35.5. The number of aryl methyl sites for hydroxylation is 1. The Morgan fingerprint density at radius 3 is 2.48 bits per heavy atom. The topological polar surface area (TPSA) is 54.3 Å². The molecule has 0 bridgehead atoms. The molecule has 5 rings (SSSR count). The van der Waals surface area contributed by atoms with Gasteiger partial charge < -0.3 is 9.88 Å². The minimum atomic E-state index is -0.807. The van der Waals surface area contributed by atoms with E-state index in [1.165, 1.54) is 11.8 Å². The lowest BCUT2D eigenvalue weighted by atomic mass is 10.0. The van der Waals surface area contributed by atoms with Crippen molar-refractivity contribution < 1.29 is 9.59 Å². The molecular weight excluding hydrogens is 454 g/mol. The summed E-state index contributed by atoms with van der Waals surface area (Å²) in [6.45, 7) is 0.381. The highest BCUT2D eigenvalue weighted by molar-refractivity contribution is 8.00. The molecule has 0 spiro atoms. The highest BCUT2D eigenvalue weighted by Crippen LogP contribution is 2.43. The average molecular weight is 476 g/mol. The van der Waals surface area contributed by atoms with Crippen molar-refractivity contribution in [3.8, 4) is 0 Å². The first-order valence-electron chi connectivity index (χ1n) is 10.6. The standard InChI is InChI=1S/C26H22ClN3O2S/c1-29-21-10-6-5-9-20(21)23-24(25(32)28-15-17-7-3-2-4-8-17)30(22(31)16-33-26(23)29)19-13-11-18(27)12-14-19/h2-14,24H,15-16H2,1H3,(H,28,32)/t24-/m1/s1. The first kappa shape index (κ1) is 21.6. The molecule has 0 radical (unpaired) electrons. The summed E-state index contributed by atoms with van der Waals surface area (Å²) < 4.78 is 2.07. The van der Waals surface area contributed by atoms with Gasteiger partial charge in [-0.2, -0.15) is 0 Å². The molecule has 3 aromatic carbocycles. The number of fused-ring (bicyclic) bond motifs is 3. The SMILES string of the molecule is Cn1c2c(c3ccccc31)[C@H](C(=O)NCc1ccccc1)N(c1ccc(Cl)cc1)C(=O)CS2. The van der Waals surface area contributed by atoms with Gasteiger partial charge in [-0.15, -0.1) is 0 Å². The lowest BCUT2D eigenvalue weighted by molar-refractivity contribution is -0.125. The molecule has 5 nitrogen and oxygen atoms in total. The number of thioether (sulfide) groups is 1. The Morgan fingerprint density at radius 2 is 1.73 bits per heavy atom. The van der Waals surface area contributed by atoms with E-state index in [1.807, 2.05) is 61.6 Å². The van der Waals surface area contributed by atoms with E-state index in [-0.39, 0.29) is 17.6 Å². The summed E-state index contributed by atoms with van der Waals surface area (Å²) in [5, 5.41) is 5.54. The van der Waals surface area contributed by atoms with Gasteiger partial charge in [-0.1, -0.05) is 71.9 Å². The van der Waals surface area contributed by atoms with Crippen LogP contribution in [0.1, 0.15) is 17.2 Å². The van der Waals surface area contributed by atoms with Crippen LogP contribution in [0.25, 0.3) is 10.9 Å². The van der Waals surface area contributed by atoms with Crippen LogP contribution < -0.4 is 10.2 Å². The van der Waals surface area contributed by atoms with E-state index in [2.05, 4.69) is 9.88 Å². The molecule has 1 aliphatic heterocycles. The van der Waals surface area contributed by atoms with Crippen molar-refractivity contribution in [1.29, 1.82) is 0 Å². The van der Waals surface area contributed by atoms with E-state index in [0.29, 0.717) is 17.3 Å². The number of carbonyl (C=O) groups excluding carboxylic acids is 2. The zero-order chi connectivity index (χ0) is 22.9. The van der Waals surface area contributed by atoms with Crippen LogP contribution in [0.2, 0.25) is 5.02 Å². The van der Waals surface area contributed by atoms with Gasteiger partial charge in [0.2, 0.25) is 11.8 Å². The Kier molecular flexibility index (Phi) is 5.87. The number of anilines is 1. The van der Waals surface area contributed by atoms with E-state index < -0.39 is 6.04 Å². The van der Waals surface area contributed by atoms with Gasteiger partial charge in [0.1, 0.15) is 6.04 Å². The van der Waals surface area contributed by atoms with Crippen LogP contribution in [0.3, 0.4) is 0 Å². The number of halogens is 1. The van der Waals surface area contributed by atoms with Crippen LogP contribution in [0.5, 0.6) is 0 Å². The van der Waals surface area contributed by atoms with Gasteiger partial charge in [0, 0.05) is 40.8 Å². The number of rotatable bonds is 4. The van der Waals surface area contributed by atoms with E-state index >= 15 is 0 Å². The number of benzene rings is 3. The number of amides is 2. The maximum absolute atomic E-state index is 13.8. The zero-order valence-electron chi connectivity index (χ0n) is 18.0. The maximum Gasteiger partial charge on any atom is 0.248 e. The summed E-state index contributed by atoms with van der Waals surface area (Å²) in [6, 6.07) is 24.0. The molecule has 2 heterocycles. The van der Waals surface area contributed by atoms with Crippen LogP contribution in [-0.2, 0) is 23.2 Å². The zero-order valence-corrected chi connectivity index (χ0v) is 19.6. The highest BCUT2D eigenvalue weighted by Gasteiger charge is 2.39. The molecule has 0 aliphatic carbocycles. The molecule has 166 valence electrons. The van der Waals surface area contributed by atoms with Crippen LogP contribution in [0.4, 0.5) is 5.69 Å². The van der Waals surface area contributed by atoms with Gasteiger partial charge in [0.05, 0.1) is 10.8 Å². The van der Waals surface area contributed by atoms with Crippen LogP contribution in [0, 0.1) is 0 Å². The van der Waals surface area contributed by atoms with E-state index in [9.17, 15) is 9.59 Å². The molecular formula is C26H22ClN3O2S. The first-order valence-corrected chi connectivity index (χ1v) is 12.0. The Balaban J connectivity index is 1.65. The largest absolute Gasteiger partial charge is 0.350 e. The number of hydrogen-bond acceptors (Lipinski definition) is 3. The van der Waals surface area contributed by atoms with Crippen molar-refractivity contribution in [2.24, 2.45) is 7.05 Å². The maximum atomic E-state index is 13.8. The van der Waals surface area contributed by atoms with Gasteiger partial charge >= 0.3 is 0 Å². The number of nitrogens with zero attached hydrogens (tertiary/aromatic N) is 2. The van der Waals surface area contributed by atoms with Crippen LogP contribution in [0.15, 0.2) is 83.9 Å². The number of carbonyl (C=O) groups is 2. The second-order valence-corrected chi connectivity index (χ2v) is 9.33. The monoisotopic (exact) mass is 475 g/mol. The molecule has 0 fully saturated rings. The summed E-state index contributed by atoms with van der Waals surface area (Å²) >= 11 is 7.58. The van der Waals surface area contributed by atoms with Crippen molar-refractivity contribution in [3.05, 3.63) is 95.0 Å². The number of aromatic nitrogens is 1. The molecule has 7 heteroatoms. The Hall–Kier alpha value is -3.22. The molecule has 1 aromatic heterocycles. The van der Waals surface area contributed by atoms with Crippen LogP contribution >= 0.6 is 23.4 Å². The molecule has 1 aliphatic rings. The van der Waals surface area contributed by atoms with Gasteiger partial charge in [0.15, 0.2) is 0 Å². The van der Waals surface area contributed by atoms with Crippen molar-refractivity contribution >= 4 is 51.8 Å². The fraction of sp³-hybridized carbons (Fsp3) is 0.154. The van der Waals surface area contributed by atoms with Gasteiger partial charge in [-0.3, -0.25) is 14.5 Å². The molecule has 1 N–H and O–H groups in total. The molecule has 0 unspecified atom stereocenters. The minimum Gasteiger partial charge on any atom is -0.350 e. The number of para-hydroxylation sites is 1. The molecule has 33 heavy (non-hydrogen) atoms. The predicted molar refractivity (Wildman–Crippen MR) is 134 cm³/mol. The summed E-state index contributed by atoms with van der Waals surface area (Å²) in [7, 11) is 1.98. The molecule has 1 atom stereocenters. The quantitative estimate of drug-likeness (QED) is 0.434. The molecule has 2 amide bonds. The fourth-order valence-corrected chi connectivity index (χ4v) is 5.53. The summed E-state index contributed by atoms with van der Waals surface area (Å²) in [6.07, 6.45) is 0. The van der Waals surface area contributed by atoms with Crippen molar-refractivity contribution in [2.45, 2.75) is 17.6 Å². The lowest BCUT2D eigenvalue weighted by Crippen LogP contribution is -2.43. The lowest BCUT2D eigenvalue weighted by Gasteiger charge is -2.30. The van der Waals surface area contributed by atoms with E-state index in [4.69, 9.17) is 11.6 Å². The number of hydrogen-bond donors (Lipinski definition) is 1. The van der Waals surface area contributed by atoms with Crippen LogP contribution in [-0.4, -0.2) is 22.1 Å². The van der Waals surface area contributed by atoms with E-state index in [0.717, 1.165) is 27.1 Å². The third kappa shape index (κ3) is 4.01. The average Bonchev–Trinajstić information content (AvgIpc) is 3.01. The second-order valence-electron chi connectivity index (χ2n) is 7.93. The van der Waals surface area contributed by atoms with Gasteiger partial charge in [0.25, 0.3) is 0 Å². The smallest absolute Gasteiger partial charge is 0.248 e. The normalized spacial score (nSPS) is 15.9. The van der Waals surface area contributed by atoms with Gasteiger partial charge in [-0.05, 0) is 35.9 Å². The Morgan fingerprint density at radius 1 is 1.03 bits per heavy atom. The molecule has 0 saturated heterocycles. The predicted octanol–water partition coefficient (Wildman–Crippen LogP) is 5.33. The molecule has 4 aromatic rings. The third-order valence-corrected chi connectivity index (χ3v) is 7.30. The Labute approximate surface area is 201 Å². The Bertz CT molecular complexity index is 1340. The fourth-order valence-electron chi connectivity index (χ4n) is 4.34. The molecule has 0 saturated carbocycles. The summed E-state index contributed by atoms with van der Waals surface area (Å²) in [5.41, 5.74) is 3.52. The third-order valence-electron chi connectivity index (χ3n) is 5.89. The number of nitrogens with one attached hydrogen (secondary N) is 1. The van der Waals surface area contributed by atoms with Crippen molar-refractivity contribution in [3.63, 3.8) is 0 Å². The van der Waals surface area contributed by atoms with Crippen molar-refractivity contribution in [1.82, 2.24) is 9.88 Å².